The van der Waals surface area contributed by atoms with Gasteiger partial charge in [-0.1, -0.05) is 31.2 Å². The number of carbonyl (C=O) groups excluding carboxylic acids is 2. The highest BCUT2D eigenvalue weighted by Gasteiger charge is 2.34. The lowest BCUT2D eigenvalue weighted by atomic mass is 9.97. The number of aryl methyl sites for hydroxylation is 1. The van der Waals surface area contributed by atoms with Gasteiger partial charge in [0.1, 0.15) is 17.5 Å². The molecule has 2 amide bonds. The number of aliphatic hydroxyl groups excluding tert-OH is 1. The van der Waals surface area contributed by atoms with Crippen LogP contribution in [0.5, 0.6) is 0 Å². The van der Waals surface area contributed by atoms with E-state index in [0.717, 1.165) is 59.0 Å². The SMILES string of the molecule is CCc1cccc(CNCC(O)C(Cc2cc(F)cc(F)c2)N(C(=O)CCC(N)=O)c2cc(S(C)(=O)=O)ccc2F)c1. The molecule has 2 unspecified atom stereocenters. The molecule has 0 aliphatic carbocycles. The number of nitrogens with two attached hydrogens (primary N) is 1. The van der Waals surface area contributed by atoms with Crippen molar-refractivity contribution in [2.75, 3.05) is 17.7 Å². The minimum absolute atomic E-state index is 0.0552. The summed E-state index contributed by atoms with van der Waals surface area (Å²) in [5, 5.41) is 14.5. The zero-order valence-corrected chi connectivity index (χ0v) is 24.1. The molecule has 0 spiro atoms. The Bertz CT molecular complexity index is 1510. The lowest BCUT2D eigenvalue weighted by Crippen LogP contribution is -2.52. The third-order valence-corrected chi connectivity index (χ3v) is 7.79. The Morgan fingerprint density at radius 3 is 2.24 bits per heavy atom. The van der Waals surface area contributed by atoms with Gasteiger partial charge in [-0.05, 0) is 59.9 Å². The predicted molar refractivity (Wildman–Crippen MR) is 153 cm³/mol. The number of rotatable bonds is 14. The summed E-state index contributed by atoms with van der Waals surface area (Å²) in [6, 6.07) is 11.9. The van der Waals surface area contributed by atoms with Crippen molar-refractivity contribution in [1.29, 1.82) is 0 Å². The smallest absolute Gasteiger partial charge is 0.227 e. The fourth-order valence-electron chi connectivity index (χ4n) is 4.59. The molecule has 2 atom stereocenters. The molecule has 42 heavy (non-hydrogen) atoms. The lowest BCUT2D eigenvalue weighted by Gasteiger charge is -2.36. The zero-order chi connectivity index (χ0) is 31.0. The van der Waals surface area contributed by atoms with Crippen molar-refractivity contribution < 1.29 is 36.3 Å². The number of amides is 2. The number of benzene rings is 3. The first kappa shape index (κ1) is 32.8. The maximum absolute atomic E-state index is 15.3. The van der Waals surface area contributed by atoms with Crippen LogP contribution in [-0.4, -0.2) is 50.3 Å². The first-order chi connectivity index (χ1) is 19.8. The van der Waals surface area contributed by atoms with E-state index in [1.807, 2.05) is 31.2 Å². The monoisotopic (exact) mass is 605 g/mol. The summed E-state index contributed by atoms with van der Waals surface area (Å²) in [4.78, 5) is 25.5. The van der Waals surface area contributed by atoms with Crippen molar-refractivity contribution in [3.63, 3.8) is 0 Å². The molecule has 0 saturated heterocycles. The average molecular weight is 606 g/mol. The zero-order valence-electron chi connectivity index (χ0n) is 23.3. The molecule has 4 N–H and O–H groups in total. The van der Waals surface area contributed by atoms with Crippen LogP contribution in [0.25, 0.3) is 0 Å². The average Bonchev–Trinajstić information content (AvgIpc) is 2.91. The van der Waals surface area contributed by atoms with Crippen molar-refractivity contribution in [2.24, 2.45) is 5.73 Å². The maximum atomic E-state index is 15.3. The summed E-state index contributed by atoms with van der Waals surface area (Å²) in [5.41, 5.74) is 6.82. The van der Waals surface area contributed by atoms with Crippen molar-refractivity contribution >= 4 is 27.3 Å². The van der Waals surface area contributed by atoms with Crippen molar-refractivity contribution in [2.45, 2.75) is 56.2 Å². The number of hydrogen-bond donors (Lipinski definition) is 3. The van der Waals surface area contributed by atoms with E-state index in [2.05, 4.69) is 5.32 Å². The molecule has 0 fully saturated rings. The molecular formula is C30H34F3N3O5S. The Morgan fingerprint density at radius 2 is 1.62 bits per heavy atom. The molecule has 0 aliphatic rings. The number of primary amides is 1. The van der Waals surface area contributed by atoms with Crippen LogP contribution < -0.4 is 16.0 Å². The molecule has 8 nitrogen and oxygen atoms in total. The van der Waals surface area contributed by atoms with Gasteiger partial charge in [-0.2, -0.15) is 0 Å². The van der Waals surface area contributed by atoms with Crippen LogP contribution in [0.15, 0.2) is 65.6 Å². The molecule has 3 rings (SSSR count). The van der Waals surface area contributed by atoms with Gasteiger partial charge < -0.3 is 21.1 Å². The second kappa shape index (κ2) is 14.4. The first-order valence-corrected chi connectivity index (χ1v) is 15.2. The van der Waals surface area contributed by atoms with Crippen molar-refractivity contribution in [3.8, 4) is 0 Å². The Morgan fingerprint density at radius 1 is 0.952 bits per heavy atom. The minimum atomic E-state index is -3.85. The van der Waals surface area contributed by atoms with E-state index < -0.39 is 69.8 Å². The molecule has 0 heterocycles. The van der Waals surface area contributed by atoms with Gasteiger partial charge in [0, 0.05) is 38.3 Å². The second-order valence-corrected chi connectivity index (χ2v) is 12.1. The highest BCUT2D eigenvalue weighted by Crippen LogP contribution is 2.29. The summed E-state index contributed by atoms with van der Waals surface area (Å²) in [6.07, 6.45) is -0.953. The standard InChI is InChI=1S/C30H34F3N3O5S/c1-3-19-5-4-6-20(11-19)17-35-18-28(37)27(14-21-12-22(31)15-23(32)13-21)36(30(39)10-9-29(34)38)26-16-24(42(2,40)41)7-8-25(26)33/h4-8,11-13,15-16,27-28,35,37H,3,9-10,14,17-18H2,1-2H3,(H2,34,38). The normalized spacial score (nSPS) is 13.0. The van der Waals surface area contributed by atoms with Crippen LogP contribution in [0.3, 0.4) is 0 Å². The minimum Gasteiger partial charge on any atom is -0.390 e. The number of aliphatic hydroxyl groups is 1. The molecule has 3 aromatic carbocycles. The second-order valence-electron chi connectivity index (χ2n) is 10.0. The number of carbonyl (C=O) groups is 2. The third kappa shape index (κ3) is 9.13. The van der Waals surface area contributed by atoms with Gasteiger partial charge in [0.15, 0.2) is 9.84 Å². The van der Waals surface area contributed by atoms with Gasteiger partial charge in [-0.25, -0.2) is 21.6 Å². The summed E-state index contributed by atoms with van der Waals surface area (Å²) >= 11 is 0. The topological polar surface area (TPSA) is 130 Å². The molecule has 0 radical (unpaired) electrons. The maximum Gasteiger partial charge on any atom is 0.227 e. The van der Waals surface area contributed by atoms with Crippen LogP contribution in [0, 0.1) is 17.5 Å². The Balaban J connectivity index is 2.06. The van der Waals surface area contributed by atoms with Gasteiger partial charge >= 0.3 is 0 Å². The molecule has 0 aromatic heterocycles. The number of anilines is 1. The van der Waals surface area contributed by atoms with E-state index in [0.29, 0.717) is 12.6 Å². The number of nitrogens with zero attached hydrogens (tertiary/aromatic N) is 1. The number of halogens is 3. The Labute approximate surface area is 243 Å². The van der Waals surface area contributed by atoms with Crippen LogP contribution in [0.2, 0.25) is 0 Å². The molecule has 12 heteroatoms. The fourth-order valence-corrected chi connectivity index (χ4v) is 5.23. The number of sulfone groups is 1. The summed E-state index contributed by atoms with van der Waals surface area (Å²) in [5.74, 6) is -4.45. The van der Waals surface area contributed by atoms with E-state index in [4.69, 9.17) is 5.73 Å². The number of nitrogens with one attached hydrogen (secondary N) is 1. The summed E-state index contributed by atoms with van der Waals surface area (Å²) in [7, 11) is -3.85. The van der Waals surface area contributed by atoms with E-state index in [1.165, 1.54) is 0 Å². The van der Waals surface area contributed by atoms with E-state index in [9.17, 15) is 31.9 Å². The van der Waals surface area contributed by atoms with Gasteiger partial charge in [-0.3, -0.25) is 9.59 Å². The third-order valence-electron chi connectivity index (χ3n) is 6.68. The van der Waals surface area contributed by atoms with E-state index in [1.54, 1.807) is 0 Å². The lowest BCUT2D eigenvalue weighted by molar-refractivity contribution is -0.124. The molecule has 0 aliphatic heterocycles. The predicted octanol–water partition coefficient (Wildman–Crippen LogP) is 3.43. The molecule has 0 bridgehead atoms. The largest absolute Gasteiger partial charge is 0.390 e. The number of hydrogen-bond acceptors (Lipinski definition) is 6. The molecular weight excluding hydrogens is 571 g/mol. The van der Waals surface area contributed by atoms with Crippen LogP contribution >= 0.6 is 0 Å². The van der Waals surface area contributed by atoms with Crippen LogP contribution in [-0.2, 0) is 38.8 Å². The van der Waals surface area contributed by atoms with Crippen molar-refractivity contribution in [3.05, 3.63) is 94.8 Å². The summed E-state index contributed by atoms with van der Waals surface area (Å²) in [6.45, 7) is 2.21. The Kier molecular flexibility index (Phi) is 11.3. The molecule has 226 valence electrons. The molecule has 3 aromatic rings. The van der Waals surface area contributed by atoms with Crippen LogP contribution in [0.1, 0.15) is 36.5 Å². The first-order valence-electron chi connectivity index (χ1n) is 13.3. The highest BCUT2D eigenvalue weighted by atomic mass is 32.2. The quantitative estimate of drug-likeness (QED) is 0.242. The molecule has 0 saturated carbocycles. The van der Waals surface area contributed by atoms with Gasteiger partial charge in [0.2, 0.25) is 11.8 Å². The van der Waals surface area contributed by atoms with Gasteiger partial charge in [-0.15, -0.1) is 0 Å². The summed E-state index contributed by atoms with van der Waals surface area (Å²) < 4.78 is 68.0. The van der Waals surface area contributed by atoms with E-state index >= 15 is 4.39 Å². The van der Waals surface area contributed by atoms with Gasteiger partial charge in [0.25, 0.3) is 0 Å². The van der Waals surface area contributed by atoms with Gasteiger partial charge in [0.05, 0.1) is 22.7 Å². The van der Waals surface area contributed by atoms with Crippen LogP contribution in [0.4, 0.5) is 18.9 Å². The Hall–Kier alpha value is -3.74. The van der Waals surface area contributed by atoms with E-state index in [-0.39, 0.29) is 23.4 Å². The van der Waals surface area contributed by atoms with Crippen molar-refractivity contribution in [1.82, 2.24) is 5.32 Å². The fraction of sp³-hybridized carbons (Fsp3) is 0.333. The highest BCUT2D eigenvalue weighted by molar-refractivity contribution is 7.90.